The summed E-state index contributed by atoms with van der Waals surface area (Å²) in [6.45, 7) is 0.315. The van der Waals surface area contributed by atoms with Crippen LogP contribution in [0.3, 0.4) is 0 Å². The first kappa shape index (κ1) is 12.8. The van der Waals surface area contributed by atoms with Crippen LogP contribution in [0.25, 0.3) is 0 Å². The Balaban J connectivity index is 2.58. The number of alkyl halides is 3. The molecule has 6 heteroatoms. The van der Waals surface area contributed by atoms with Crippen molar-refractivity contribution in [3.05, 3.63) is 29.8 Å². The van der Waals surface area contributed by atoms with Crippen LogP contribution >= 0.6 is 0 Å². The van der Waals surface area contributed by atoms with Gasteiger partial charge in [0, 0.05) is 18.8 Å². The van der Waals surface area contributed by atoms with E-state index in [-0.39, 0.29) is 13.1 Å². The summed E-state index contributed by atoms with van der Waals surface area (Å²) in [6, 6.07) is 4.59. The molecule has 0 heterocycles. The molecule has 0 spiro atoms. The van der Waals surface area contributed by atoms with Crippen LogP contribution in [0.15, 0.2) is 24.3 Å². The highest BCUT2D eigenvalue weighted by atomic mass is 19.4. The number of nitrogens with two attached hydrogens (primary N) is 1. The molecule has 0 saturated carbocycles. The molecule has 0 amide bonds. The maximum Gasteiger partial charge on any atom is 0.416 e. The van der Waals surface area contributed by atoms with Crippen molar-refractivity contribution in [2.24, 2.45) is 5.73 Å². The third kappa shape index (κ3) is 3.71. The van der Waals surface area contributed by atoms with E-state index in [9.17, 15) is 13.2 Å². The van der Waals surface area contributed by atoms with Gasteiger partial charge in [0.05, 0.1) is 11.7 Å². The number of nitrogens with one attached hydrogen (secondary N) is 1. The second-order valence-electron chi connectivity index (χ2n) is 3.35. The Morgan fingerprint density at radius 3 is 2.25 bits per heavy atom. The lowest BCUT2D eigenvalue weighted by molar-refractivity contribution is -0.137. The smallest absolute Gasteiger partial charge is 0.390 e. The Bertz CT molecular complexity index is 324. The molecule has 0 bridgehead atoms. The standard InChI is InChI=1S/C10H13F3N2O/c11-10(12,13)7-1-3-8(4-2-7)15-6-9(16)5-14/h1-4,9,15-16H,5-6,14H2. The lowest BCUT2D eigenvalue weighted by atomic mass is 10.2. The summed E-state index contributed by atoms with van der Waals surface area (Å²) in [6.07, 6.45) is -5.03. The minimum atomic E-state index is -4.32. The van der Waals surface area contributed by atoms with Crippen molar-refractivity contribution in [1.82, 2.24) is 0 Å². The number of aliphatic hydroxyl groups is 1. The van der Waals surface area contributed by atoms with E-state index in [0.29, 0.717) is 5.69 Å². The minimum absolute atomic E-state index is 0.105. The molecule has 1 aromatic carbocycles. The molecular weight excluding hydrogens is 221 g/mol. The van der Waals surface area contributed by atoms with E-state index in [1.165, 1.54) is 12.1 Å². The highest BCUT2D eigenvalue weighted by molar-refractivity contribution is 5.45. The first-order chi connectivity index (χ1) is 7.43. The van der Waals surface area contributed by atoms with Crippen LogP contribution in [-0.4, -0.2) is 24.3 Å². The number of hydrogen-bond donors (Lipinski definition) is 3. The van der Waals surface area contributed by atoms with Crippen LogP contribution in [-0.2, 0) is 6.18 Å². The van der Waals surface area contributed by atoms with Crippen LogP contribution in [0.5, 0.6) is 0 Å². The molecule has 0 aliphatic heterocycles. The fraction of sp³-hybridized carbons (Fsp3) is 0.400. The summed E-state index contributed by atoms with van der Waals surface area (Å²) in [7, 11) is 0. The first-order valence-electron chi connectivity index (χ1n) is 4.72. The number of benzene rings is 1. The van der Waals surface area contributed by atoms with Gasteiger partial charge >= 0.3 is 6.18 Å². The number of anilines is 1. The largest absolute Gasteiger partial charge is 0.416 e. The highest BCUT2D eigenvalue weighted by Gasteiger charge is 2.29. The summed E-state index contributed by atoms with van der Waals surface area (Å²) < 4.78 is 36.6. The van der Waals surface area contributed by atoms with Gasteiger partial charge in [0.2, 0.25) is 0 Å². The van der Waals surface area contributed by atoms with Gasteiger partial charge in [-0.1, -0.05) is 0 Å². The molecule has 16 heavy (non-hydrogen) atoms. The number of aliphatic hydroxyl groups excluding tert-OH is 1. The lowest BCUT2D eigenvalue weighted by Gasteiger charge is -2.11. The van der Waals surface area contributed by atoms with Gasteiger partial charge in [0.1, 0.15) is 0 Å². The van der Waals surface area contributed by atoms with Crippen molar-refractivity contribution in [1.29, 1.82) is 0 Å². The average molecular weight is 234 g/mol. The van der Waals surface area contributed by atoms with E-state index >= 15 is 0 Å². The molecule has 4 N–H and O–H groups in total. The summed E-state index contributed by atoms with van der Waals surface area (Å²) in [5.74, 6) is 0. The Labute approximate surface area is 91.1 Å². The molecule has 0 fully saturated rings. The fourth-order valence-electron chi connectivity index (χ4n) is 1.10. The van der Waals surface area contributed by atoms with E-state index in [0.717, 1.165) is 12.1 Å². The summed E-state index contributed by atoms with van der Waals surface area (Å²) >= 11 is 0. The fourth-order valence-corrected chi connectivity index (χ4v) is 1.10. The Morgan fingerprint density at radius 2 is 1.81 bits per heavy atom. The SMILES string of the molecule is NCC(O)CNc1ccc(C(F)(F)F)cc1. The quantitative estimate of drug-likeness (QED) is 0.738. The van der Waals surface area contributed by atoms with E-state index in [1.807, 2.05) is 0 Å². The van der Waals surface area contributed by atoms with E-state index in [2.05, 4.69) is 5.32 Å². The molecule has 0 saturated heterocycles. The van der Waals surface area contributed by atoms with Crippen molar-refractivity contribution in [2.75, 3.05) is 18.4 Å². The van der Waals surface area contributed by atoms with Gasteiger partial charge < -0.3 is 16.2 Å². The molecule has 0 radical (unpaired) electrons. The van der Waals surface area contributed by atoms with Crippen molar-refractivity contribution in [2.45, 2.75) is 12.3 Å². The van der Waals surface area contributed by atoms with Crippen LogP contribution in [0, 0.1) is 0 Å². The Kier molecular flexibility index (Phi) is 4.14. The normalized spacial score (nSPS) is 13.6. The van der Waals surface area contributed by atoms with Crippen molar-refractivity contribution in [3.8, 4) is 0 Å². The molecule has 90 valence electrons. The zero-order valence-electron chi connectivity index (χ0n) is 8.46. The molecule has 1 unspecified atom stereocenters. The average Bonchev–Trinajstić information content (AvgIpc) is 2.25. The van der Waals surface area contributed by atoms with Crippen molar-refractivity contribution in [3.63, 3.8) is 0 Å². The van der Waals surface area contributed by atoms with Gasteiger partial charge in [-0.3, -0.25) is 0 Å². The maximum absolute atomic E-state index is 12.2. The number of rotatable bonds is 4. The van der Waals surface area contributed by atoms with Gasteiger partial charge in [-0.05, 0) is 24.3 Å². The Morgan fingerprint density at radius 1 is 1.25 bits per heavy atom. The van der Waals surface area contributed by atoms with Crippen LogP contribution < -0.4 is 11.1 Å². The molecule has 1 aromatic rings. The lowest BCUT2D eigenvalue weighted by Crippen LogP contribution is -2.27. The van der Waals surface area contributed by atoms with Crippen molar-refractivity contribution >= 4 is 5.69 Å². The summed E-state index contributed by atoms with van der Waals surface area (Å²) in [5, 5.41) is 11.9. The molecule has 3 nitrogen and oxygen atoms in total. The zero-order chi connectivity index (χ0) is 12.2. The molecule has 0 aliphatic carbocycles. The third-order valence-corrected chi connectivity index (χ3v) is 2.03. The van der Waals surface area contributed by atoms with Crippen LogP contribution in [0.4, 0.5) is 18.9 Å². The van der Waals surface area contributed by atoms with Gasteiger partial charge in [-0.15, -0.1) is 0 Å². The van der Waals surface area contributed by atoms with E-state index in [4.69, 9.17) is 10.8 Å². The summed E-state index contributed by atoms with van der Waals surface area (Å²) in [4.78, 5) is 0. The third-order valence-electron chi connectivity index (χ3n) is 2.03. The van der Waals surface area contributed by atoms with E-state index in [1.54, 1.807) is 0 Å². The minimum Gasteiger partial charge on any atom is -0.390 e. The molecular formula is C10H13F3N2O. The first-order valence-corrected chi connectivity index (χ1v) is 4.72. The van der Waals surface area contributed by atoms with Crippen LogP contribution in [0.1, 0.15) is 5.56 Å². The number of hydrogen-bond acceptors (Lipinski definition) is 3. The van der Waals surface area contributed by atoms with Crippen LogP contribution in [0.2, 0.25) is 0 Å². The maximum atomic E-state index is 12.2. The molecule has 0 aromatic heterocycles. The van der Waals surface area contributed by atoms with Gasteiger partial charge in [0.15, 0.2) is 0 Å². The van der Waals surface area contributed by atoms with Gasteiger partial charge in [-0.2, -0.15) is 13.2 Å². The monoisotopic (exact) mass is 234 g/mol. The second-order valence-corrected chi connectivity index (χ2v) is 3.35. The predicted octanol–water partition coefficient (Wildman–Crippen LogP) is 1.44. The highest BCUT2D eigenvalue weighted by Crippen LogP contribution is 2.29. The van der Waals surface area contributed by atoms with Gasteiger partial charge in [0.25, 0.3) is 0 Å². The molecule has 1 atom stereocenters. The summed E-state index contributed by atoms with van der Waals surface area (Å²) in [5.41, 5.74) is 5.00. The van der Waals surface area contributed by atoms with E-state index < -0.39 is 17.8 Å². The molecule has 0 aliphatic rings. The topological polar surface area (TPSA) is 58.3 Å². The Hall–Kier alpha value is -1.27. The number of halogens is 3. The molecule has 1 rings (SSSR count). The van der Waals surface area contributed by atoms with Crippen molar-refractivity contribution < 1.29 is 18.3 Å². The predicted molar refractivity (Wildman–Crippen MR) is 55.0 cm³/mol. The second kappa shape index (κ2) is 5.18. The van der Waals surface area contributed by atoms with Gasteiger partial charge in [-0.25, -0.2) is 0 Å². The zero-order valence-corrected chi connectivity index (χ0v) is 8.46.